The van der Waals surface area contributed by atoms with E-state index < -0.39 is 112 Å². The lowest BCUT2D eigenvalue weighted by molar-refractivity contribution is -0.347. The second kappa shape index (κ2) is 16.7. The van der Waals surface area contributed by atoms with Gasteiger partial charge in [0.05, 0.1) is 35.6 Å². The van der Waals surface area contributed by atoms with Gasteiger partial charge < -0.3 is 44.0 Å². The number of nitrogens with one attached hydrogen (secondary N) is 1. The summed E-state index contributed by atoms with van der Waals surface area (Å²) in [5, 5.41) is 28.0. The van der Waals surface area contributed by atoms with Crippen molar-refractivity contribution in [2.24, 2.45) is 16.7 Å². The summed E-state index contributed by atoms with van der Waals surface area (Å²) >= 11 is 1.63. The standard InChI is InChI=1S/C44H54INO14/c1-23-27(56-38(51)32(48)31(25-16-12-10-13-17-25)46-39(52)59-40(3,4)5)21-44(53)36(57-37(50)26-18-14-11-15-19-26)34-42(8,35(49)33(60-45)30(23)41(44,6)7)28(54-9)20-29-43(34,22-55-29)58-24(2)47/h10-19,27-29,31-34,36,48,53H,20-22H2,1-9H3,(H,46,52)/t27-,28?,29+,31-,32+,33?,34-,36-,42-,43-,44?/m0/s1. The first-order valence-electron chi connectivity index (χ1n) is 19.9. The Morgan fingerprint density at radius 1 is 0.983 bits per heavy atom. The number of carbonyl (C=O) groups is 5. The summed E-state index contributed by atoms with van der Waals surface area (Å²) in [5.41, 5.74) is -6.75. The van der Waals surface area contributed by atoms with Gasteiger partial charge in [-0.2, -0.15) is 0 Å². The third kappa shape index (κ3) is 7.76. The average Bonchev–Trinajstić information content (AvgIpc) is 3.18. The SMILES string of the molecule is COC1C[C@H]2OC[C@@]2(OC(C)=O)[C@H]2[C@H](OC(=O)c3ccccc3)C3(O)C[C@H](OC(=O)[C@H](O)[C@@H](NC(=O)OC(C)(C)C)c4ccccc4)C(C)=C(C(OI)C(=O)[C@@]12C)C3(C)C. The van der Waals surface area contributed by atoms with Gasteiger partial charge in [-0.3, -0.25) is 12.7 Å². The van der Waals surface area contributed by atoms with Crippen molar-refractivity contribution >= 4 is 52.8 Å². The highest BCUT2D eigenvalue weighted by molar-refractivity contribution is 14.1. The third-order valence-corrected chi connectivity index (χ3v) is 13.4. The van der Waals surface area contributed by atoms with Gasteiger partial charge in [-0.25, -0.2) is 14.4 Å². The van der Waals surface area contributed by atoms with Crippen molar-refractivity contribution in [3.63, 3.8) is 0 Å². The summed E-state index contributed by atoms with van der Waals surface area (Å²) in [6.45, 7) is 12.7. The molecule has 3 aliphatic carbocycles. The Morgan fingerprint density at radius 3 is 2.13 bits per heavy atom. The molecule has 1 aliphatic heterocycles. The van der Waals surface area contributed by atoms with Crippen LogP contribution < -0.4 is 5.32 Å². The number of carbonyl (C=O) groups excluding carboxylic acids is 5. The maximum atomic E-state index is 15.5. The number of rotatable bonds is 10. The molecule has 2 aromatic rings. The zero-order chi connectivity index (χ0) is 44.2. The molecule has 3 unspecified atom stereocenters. The number of aliphatic hydroxyl groups excluding tert-OH is 1. The maximum Gasteiger partial charge on any atom is 0.408 e. The Labute approximate surface area is 363 Å². The normalized spacial score (nSPS) is 33.0. The number of hydrogen-bond acceptors (Lipinski definition) is 14. The highest BCUT2D eigenvalue weighted by Crippen LogP contribution is 2.65. The molecule has 1 heterocycles. The van der Waals surface area contributed by atoms with Gasteiger partial charge in [0.1, 0.15) is 52.5 Å². The molecule has 0 aromatic heterocycles. The van der Waals surface area contributed by atoms with Crippen LogP contribution in [0.2, 0.25) is 0 Å². The first kappa shape index (κ1) is 45.6. The predicted octanol–water partition coefficient (Wildman–Crippen LogP) is 5.29. The molecule has 3 fully saturated rings. The summed E-state index contributed by atoms with van der Waals surface area (Å²) < 4.78 is 42.3. The summed E-state index contributed by atoms with van der Waals surface area (Å²) in [5.74, 6) is -4.54. The molecule has 2 aromatic carbocycles. The molecule has 60 heavy (non-hydrogen) atoms. The molecular formula is C44H54INO14. The lowest BCUT2D eigenvalue weighted by Crippen LogP contribution is -2.82. The molecular weight excluding hydrogens is 893 g/mol. The zero-order valence-corrected chi connectivity index (χ0v) is 37.3. The smallest absolute Gasteiger partial charge is 0.408 e. The number of esters is 3. The molecule has 11 atom stereocenters. The summed E-state index contributed by atoms with van der Waals surface area (Å²) in [6.07, 6.45) is -9.34. The van der Waals surface area contributed by atoms with Crippen LogP contribution in [0, 0.1) is 16.7 Å². The Balaban J connectivity index is 1.52. The lowest BCUT2D eigenvalue weighted by atomic mass is 9.44. The molecule has 2 saturated carbocycles. The van der Waals surface area contributed by atoms with Crippen LogP contribution in [0.5, 0.6) is 0 Å². The predicted molar refractivity (Wildman–Crippen MR) is 221 cm³/mol. The topological polar surface area (TPSA) is 202 Å². The number of aliphatic hydroxyl groups is 2. The monoisotopic (exact) mass is 947 g/mol. The third-order valence-electron chi connectivity index (χ3n) is 12.9. The molecule has 1 saturated heterocycles. The number of fused-ring (bicyclic) bond motifs is 5. The van der Waals surface area contributed by atoms with Crippen molar-refractivity contribution in [3.05, 3.63) is 82.9 Å². The zero-order valence-electron chi connectivity index (χ0n) is 35.2. The minimum Gasteiger partial charge on any atom is -0.456 e. The van der Waals surface area contributed by atoms with Crippen molar-refractivity contribution in [3.8, 4) is 0 Å². The van der Waals surface area contributed by atoms with E-state index in [1.54, 1.807) is 120 Å². The number of halogens is 1. The number of alkyl carbamates (subject to hydrolysis) is 1. The van der Waals surface area contributed by atoms with E-state index in [1.165, 1.54) is 26.2 Å². The molecule has 4 aliphatic rings. The number of benzene rings is 2. The van der Waals surface area contributed by atoms with E-state index in [1.807, 2.05) is 0 Å². The van der Waals surface area contributed by atoms with Crippen LogP contribution in [0.25, 0.3) is 0 Å². The van der Waals surface area contributed by atoms with Gasteiger partial charge in [-0.05, 0) is 63.5 Å². The Bertz CT molecular complexity index is 2020. The number of Topliss-reactive ketones (excluding diaryl/α,β-unsaturated/α-hetero) is 1. The lowest BCUT2D eigenvalue weighted by Gasteiger charge is -2.67. The molecule has 6 rings (SSSR count). The van der Waals surface area contributed by atoms with Gasteiger partial charge in [0.15, 0.2) is 23.6 Å². The van der Waals surface area contributed by atoms with Crippen molar-refractivity contribution in [1.29, 1.82) is 0 Å². The van der Waals surface area contributed by atoms with E-state index in [2.05, 4.69) is 5.32 Å². The molecule has 0 spiro atoms. The molecule has 1 amide bonds. The minimum atomic E-state index is -2.22. The van der Waals surface area contributed by atoms with Crippen LogP contribution in [0.1, 0.15) is 90.2 Å². The van der Waals surface area contributed by atoms with Crippen LogP contribution in [0.4, 0.5) is 4.79 Å². The van der Waals surface area contributed by atoms with Crippen LogP contribution in [0.15, 0.2) is 71.8 Å². The summed E-state index contributed by atoms with van der Waals surface area (Å²) in [6, 6.07) is 15.0. The summed E-state index contributed by atoms with van der Waals surface area (Å²) in [7, 11) is 1.44. The second-order valence-electron chi connectivity index (χ2n) is 17.8. The van der Waals surface area contributed by atoms with Gasteiger partial charge in [0.2, 0.25) is 0 Å². The van der Waals surface area contributed by atoms with E-state index in [0.29, 0.717) is 11.1 Å². The number of ketones is 1. The maximum absolute atomic E-state index is 15.5. The van der Waals surface area contributed by atoms with Gasteiger partial charge >= 0.3 is 24.0 Å². The molecule has 3 N–H and O–H groups in total. The fraction of sp³-hybridized carbons (Fsp3) is 0.568. The second-order valence-corrected chi connectivity index (χ2v) is 18.4. The molecule has 326 valence electrons. The van der Waals surface area contributed by atoms with Gasteiger partial charge in [-0.1, -0.05) is 62.4 Å². The van der Waals surface area contributed by atoms with Crippen molar-refractivity contribution in [2.75, 3.05) is 13.7 Å². The van der Waals surface area contributed by atoms with Crippen LogP contribution in [0.3, 0.4) is 0 Å². The Morgan fingerprint density at radius 2 is 1.60 bits per heavy atom. The summed E-state index contributed by atoms with van der Waals surface area (Å²) in [4.78, 5) is 70.1. The minimum absolute atomic E-state index is 0.119. The fourth-order valence-corrected chi connectivity index (χ4v) is 10.4. The van der Waals surface area contributed by atoms with Crippen LogP contribution >= 0.6 is 23.0 Å². The van der Waals surface area contributed by atoms with E-state index in [9.17, 15) is 29.4 Å². The molecule has 2 bridgehead atoms. The number of hydrogen-bond donors (Lipinski definition) is 3. The molecule has 0 radical (unpaired) electrons. The number of methoxy groups -OCH3 is 1. The van der Waals surface area contributed by atoms with Gasteiger partial charge in [0.25, 0.3) is 0 Å². The number of ether oxygens (including phenoxy) is 6. The van der Waals surface area contributed by atoms with Crippen LogP contribution in [-0.4, -0.2) is 107 Å². The first-order chi connectivity index (χ1) is 28.1. The van der Waals surface area contributed by atoms with Gasteiger partial charge in [-0.15, -0.1) is 0 Å². The van der Waals surface area contributed by atoms with E-state index in [-0.39, 0.29) is 24.2 Å². The Hall–Kier alpha value is -3.94. The highest BCUT2D eigenvalue weighted by atomic mass is 127. The molecule has 16 heteroatoms. The quantitative estimate of drug-likeness (QED) is 0.120. The van der Waals surface area contributed by atoms with E-state index in [0.717, 1.165) is 0 Å². The van der Waals surface area contributed by atoms with Crippen molar-refractivity contribution < 1.29 is 65.7 Å². The number of amides is 1. The fourth-order valence-electron chi connectivity index (χ4n) is 9.93. The van der Waals surface area contributed by atoms with Crippen molar-refractivity contribution in [1.82, 2.24) is 5.32 Å². The average molecular weight is 948 g/mol. The van der Waals surface area contributed by atoms with E-state index >= 15 is 4.79 Å². The highest BCUT2D eigenvalue weighted by Gasteiger charge is 2.78. The molecule has 15 nitrogen and oxygen atoms in total. The Kier molecular flexibility index (Phi) is 12.7. The van der Waals surface area contributed by atoms with Crippen LogP contribution in [-0.2, 0) is 45.9 Å². The largest absolute Gasteiger partial charge is 0.456 e. The van der Waals surface area contributed by atoms with Crippen molar-refractivity contribution in [2.45, 2.75) is 128 Å². The van der Waals surface area contributed by atoms with E-state index in [4.69, 9.17) is 31.5 Å². The van der Waals surface area contributed by atoms with Gasteiger partial charge in [0, 0.05) is 32.3 Å². The first-order valence-corrected chi connectivity index (χ1v) is 20.7.